The fourth-order valence-corrected chi connectivity index (χ4v) is 1.75. The first kappa shape index (κ1) is 14.7. The fraction of sp³-hybridized carbons (Fsp3) is 0.143. The van der Waals surface area contributed by atoms with Crippen LogP contribution in [0.4, 0.5) is 20.3 Å². The molecule has 0 bridgehead atoms. The third kappa shape index (κ3) is 4.13. The number of benzene rings is 1. The lowest BCUT2D eigenvalue weighted by Crippen LogP contribution is -2.13. The molecule has 2 rings (SSSR count). The number of rotatable bonds is 4. The van der Waals surface area contributed by atoms with E-state index in [1.54, 1.807) is 13.0 Å². The third-order valence-corrected chi connectivity index (χ3v) is 2.57. The van der Waals surface area contributed by atoms with Crippen LogP contribution in [-0.2, 0) is 0 Å². The van der Waals surface area contributed by atoms with Crippen LogP contribution in [0, 0.1) is 6.92 Å². The van der Waals surface area contributed by atoms with Gasteiger partial charge in [0.1, 0.15) is 11.6 Å². The standard InChI is InChI=1S/C14H13F2N3O2/c1-8-6-9(7-12(17)18-8)13(20)19-10-2-4-11(5-3-10)21-14(15)16/h2-7,14H,1H3,(H2,17,18)(H,19,20). The van der Waals surface area contributed by atoms with Crippen molar-refractivity contribution >= 4 is 17.4 Å². The molecule has 1 heterocycles. The van der Waals surface area contributed by atoms with E-state index in [0.717, 1.165) is 0 Å². The predicted octanol–water partition coefficient (Wildman–Crippen LogP) is 2.83. The van der Waals surface area contributed by atoms with Gasteiger partial charge in [-0.15, -0.1) is 0 Å². The first-order valence-electron chi connectivity index (χ1n) is 6.04. The molecule has 1 aromatic heterocycles. The number of nitrogens with one attached hydrogen (secondary N) is 1. The van der Waals surface area contributed by atoms with Crippen LogP contribution in [-0.4, -0.2) is 17.5 Å². The number of halogens is 2. The number of amides is 1. The molecule has 1 amide bonds. The maximum atomic E-state index is 12.0. The number of hydrogen-bond donors (Lipinski definition) is 2. The molecule has 3 N–H and O–H groups in total. The van der Waals surface area contributed by atoms with E-state index in [0.29, 0.717) is 16.9 Å². The molecule has 0 aliphatic heterocycles. The third-order valence-electron chi connectivity index (χ3n) is 2.57. The van der Waals surface area contributed by atoms with Gasteiger partial charge in [-0.2, -0.15) is 8.78 Å². The summed E-state index contributed by atoms with van der Waals surface area (Å²) in [5, 5.41) is 2.63. The van der Waals surface area contributed by atoms with Crippen molar-refractivity contribution in [3.63, 3.8) is 0 Å². The van der Waals surface area contributed by atoms with Gasteiger partial charge in [-0.1, -0.05) is 0 Å². The summed E-state index contributed by atoms with van der Waals surface area (Å²) in [6.45, 7) is -1.16. The maximum Gasteiger partial charge on any atom is 0.387 e. The molecule has 21 heavy (non-hydrogen) atoms. The van der Waals surface area contributed by atoms with Crippen molar-refractivity contribution in [3.8, 4) is 5.75 Å². The van der Waals surface area contributed by atoms with Crippen molar-refractivity contribution in [2.24, 2.45) is 0 Å². The highest BCUT2D eigenvalue weighted by Gasteiger charge is 2.09. The Labute approximate surface area is 119 Å². The molecule has 0 saturated heterocycles. The average Bonchev–Trinajstić information content (AvgIpc) is 2.39. The van der Waals surface area contributed by atoms with Gasteiger partial charge in [-0.3, -0.25) is 4.79 Å². The van der Waals surface area contributed by atoms with Crippen molar-refractivity contribution in [3.05, 3.63) is 47.7 Å². The van der Waals surface area contributed by atoms with E-state index in [2.05, 4.69) is 15.0 Å². The molecule has 0 atom stereocenters. The molecule has 0 aliphatic rings. The van der Waals surface area contributed by atoms with Gasteiger partial charge in [-0.25, -0.2) is 4.98 Å². The summed E-state index contributed by atoms with van der Waals surface area (Å²) in [5.41, 5.74) is 7.03. The molecule has 0 fully saturated rings. The first-order chi connectivity index (χ1) is 9.94. The summed E-state index contributed by atoms with van der Waals surface area (Å²) in [6, 6.07) is 8.67. The van der Waals surface area contributed by atoms with E-state index in [4.69, 9.17) is 5.73 Å². The van der Waals surface area contributed by atoms with E-state index in [1.807, 2.05) is 0 Å². The summed E-state index contributed by atoms with van der Waals surface area (Å²) < 4.78 is 28.3. The van der Waals surface area contributed by atoms with Crippen LogP contribution in [0.1, 0.15) is 16.1 Å². The number of aryl methyl sites for hydroxylation is 1. The molecule has 5 nitrogen and oxygen atoms in total. The lowest BCUT2D eigenvalue weighted by molar-refractivity contribution is -0.0498. The second-order valence-corrected chi connectivity index (χ2v) is 4.28. The van der Waals surface area contributed by atoms with Gasteiger partial charge in [0, 0.05) is 16.9 Å². The van der Waals surface area contributed by atoms with Crippen LogP contribution in [0.2, 0.25) is 0 Å². The summed E-state index contributed by atoms with van der Waals surface area (Å²) in [6.07, 6.45) is 0. The van der Waals surface area contributed by atoms with Crippen molar-refractivity contribution < 1.29 is 18.3 Å². The van der Waals surface area contributed by atoms with E-state index in [-0.39, 0.29) is 17.5 Å². The molecular weight excluding hydrogens is 280 g/mol. The van der Waals surface area contributed by atoms with Gasteiger partial charge < -0.3 is 15.8 Å². The van der Waals surface area contributed by atoms with Gasteiger partial charge in [0.15, 0.2) is 0 Å². The molecule has 0 unspecified atom stereocenters. The van der Waals surface area contributed by atoms with E-state index >= 15 is 0 Å². The van der Waals surface area contributed by atoms with Gasteiger partial charge >= 0.3 is 6.61 Å². The zero-order valence-electron chi connectivity index (χ0n) is 11.1. The Hall–Kier alpha value is -2.70. The quantitative estimate of drug-likeness (QED) is 0.908. The lowest BCUT2D eigenvalue weighted by Gasteiger charge is -2.08. The van der Waals surface area contributed by atoms with Crippen molar-refractivity contribution in [2.75, 3.05) is 11.1 Å². The number of nitrogen functional groups attached to an aromatic ring is 1. The first-order valence-corrected chi connectivity index (χ1v) is 6.04. The number of ether oxygens (including phenoxy) is 1. The Morgan fingerprint density at radius 3 is 2.52 bits per heavy atom. The van der Waals surface area contributed by atoms with Crippen LogP contribution in [0.3, 0.4) is 0 Å². The van der Waals surface area contributed by atoms with Crippen LogP contribution >= 0.6 is 0 Å². The fourth-order valence-electron chi connectivity index (χ4n) is 1.75. The number of alkyl halides is 2. The maximum absolute atomic E-state index is 12.0. The Kier molecular flexibility index (Phi) is 4.32. The number of carbonyl (C=O) groups is 1. The number of hydrogen-bond acceptors (Lipinski definition) is 4. The molecule has 110 valence electrons. The topological polar surface area (TPSA) is 77.2 Å². The number of pyridine rings is 1. The summed E-state index contributed by atoms with van der Waals surface area (Å²) in [5.74, 6) is -0.0949. The van der Waals surface area contributed by atoms with Crippen LogP contribution in [0.15, 0.2) is 36.4 Å². The zero-order valence-corrected chi connectivity index (χ0v) is 11.1. The molecule has 1 aromatic carbocycles. The second-order valence-electron chi connectivity index (χ2n) is 4.28. The minimum Gasteiger partial charge on any atom is -0.435 e. The Morgan fingerprint density at radius 2 is 1.95 bits per heavy atom. The van der Waals surface area contributed by atoms with Crippen molar-refractivity contribution in [2.45, 2.75) is 13.5 Å². The monoisotopic (exact) mass is 293 g/mol. The minimum atomic E-state index is -2.88. The minimum absolute atomic E-state index is 0.0204. The molecular formula is C14H13F2N3O2. The SMILES string of the molecule is Cc1cc(C(=O)Nc2ccc(OC(F)F)cc2)cc(N)n1. The lowest BCUT2D eigenvalue weighted by atomic mass is 10.2. The number of aromatic nitrogens is 1. The van der Waals surface area contributed by atoms with Crippen molar-refractivity contribution in [1.29, 1.82) is 0 Å². The number of nitrogens with two attached hydrogens (primary N) is 1. The molecule has 7 heteroatoms. The van der Waals surface area contributed by atoms with E-state index in [9.17, 15) is 13.6 Å². The molecule has 2 aromatic rings. The molecule has 0 saturated carbocycles. The van der Waals surface area contributed by atoms with E-state index < -0.39 is 6.61 Å². The highest BCUT2D eigenvalue weighted by Crippen LogP contribution is 2.18. The van der Waals surface area contributed by atoms with E-state index in [1.165, 1.54) is 30.3 Å². The summed E-state index contributed by atoms with van der Waals surface area (Å²) in [4.78, 5) is 16.0. The average molecular weight is 293 g/mol. The number of nitrogens with zero attached hydrogens (tertiary/aromatic N) is 1. The predicted molar refractivity (Wildman–Crippen MR) is 74.4 cm³/mol. The Balaban J connectivity index is 2.08. The molecule has 0 spiro atoms. The van der Waals surface area contributed by atoms with Crippen molar-refractivity contribution in [1.82, 2.24) is 4.98 Å². The Morgan fingerprint density at radius 1 is 1.29 bits per heavy atom. The highest BCUT2D eigenvalue weighted by atomic mass is 19.3. The molecule has 0 radical (unpaired) electrons. The van der Waals surface area contributed by atoms with Gasteiger partial charge in [-0.05, 0) is 43.3 Å². The summed E-state index contributed by atoms with van der Waals surface area (Å²) in [7, 11) is 0. The van der Waals surface area contributed by atoms with Gasteiger partial charge in [0.25, 0.3) is 5.91 Å². The Bertz CT molecular complexity index is 625. The number of carbonyl (C=O) groups excluding carboxylic acids is 1. The van der Waals surface area contributed by atoms with Gasteiger partial charge in [0.05, 0.1) is 0 Å². The van der Waals surface area contributed by atoms with Crippen LogP contribution < -0.4 is 15.8 Å². The highest BCUT2D eigenvalue weighted by molar-refractivity contribution is 6.04. The second kappa shape index (κ2) is 6.17. The van der Waals surface area contributed by atoms with Crippen LogP contribution in [0.25, 0.3) is 0 Å². The molecule has 0 aliphatic carbocycles. The summed E-state index contributed by atoms with van der Waals surface area (Å²) >= 11 is 0. The van der Waals surface area contributed by atoms with Gasteiger partial charge in [0.2, 0.25) is 0 Å². The largest absolute Gasteiger partial charge is 0.435 e. The zero-order chi connectivity index (χ0) is 15.4. The smallest absolute Gasteiger partial charge is 0.387 e. The number of anilines is 2. The normalized spacial score (nSPS) is 10.5. The van der Waals surface area contributed by atoms with Crippen LogP contribution in [0.5, 0.6) is 5.75 Å².